The summed E-state index contributed by atoms with van der Waals surface area (Å²) in [4.78, 5) is 39.4. The Bertz CT molecular complexity index is 2540. The number of aromatic nitrogens is 5. The number of aryl methyl sites for hydroxylation is 2. The van der Waals surface area contributed by atoms with Crippen molar-refractivity contribution in [3.63, 3.8) is 0 Å². The van der Waals surface area contributed by atoms with Gasteiger partial charge in [-0.1, -0.05) is 55.4 Å². The van der Waals surface area contributed by atoms with Gasteiger partial charge >= 0.3 is 0 Å². The second-order valence-electron chi connectivity index (χ2n) is 18.0. The molecule has 1 saturated carbocycles. The van der Waals surface area contributed by atoms with E-state index in [4.69, 9.17) is 4.52 Å². The first kappa shape index (κ1) is 41.9. The first-order chi connectivity index (χ1) is 30.0. The van der Waals surface area contributed by atoms with E-state index in [2.05, 4.69) is 40.9 Å². The normalized spacial score (nSPS) is 21.6. The van der Waals surface area contributed by atoms with Gasteiger partial charge in [0.2, 0.25) is 5.91 Å². The number of nitrogens with zero attached hydrogens (tertiary/aromatic N) is 5. The second kappa shape index (κ2) is 17.7. The van der Waals surface area contributed by atoms with Crippen molar-refractivity contribution in [3.05, 3.63) is 94.4 Å². The number of thiazole rings is 1. The fourth-order valence-electron chi connectivity index (χ4n) is 10.0. The van der Waals surface area contributed by atoms with Crippen LogP contribution >= 0.6 is 11.3 Å². The van der Waals surface area contributed by atoms with E-state index in [1.165, 1.54) is 11.3 Å². The van der Waals surface area contributed by atoms with E-state index in [-0.39, 0.29) is 42.2 Å². The van der Waals surface area contributed by atoms with E-state index in [1.807, 2.05) is 81.7 Å². The topological polar surface area (TPSA) is 182 Å². The number of H-pyrrole nitrogens is 1. The maximum Gasteiger partial charge on any atom is 0.224 e. The Morgan fingerprint density at radius 1 is 1.00 bits per heavy atom. The van der Waals surface area contributed by atoms with Crippen molar-refractivity contribution in [3.8, 4) is 27.4 Å². The summed E-state index contributed by atoms with van der Waals surface area (Å²) in [5, 5.41) is 42.6. The Hall–Kier alpha value is -5.44. The van der Waals surface area contributed by atoms with Crippen molar-refractivity contribution < 1.29 is 24.3 Å². The predicted octanol–water partition coefficient (Wildman–Crippen LogP) is 7.69. The van der Waals surface area contributed by atoms with Gasteiger partial charge in [0, 0.05) is 47.8 Å². The van der Waals surface area contributed by atoms with Gasteiger partial charge in [0.1, 0.15) is 17.3 Å². The lowest BCUT2D eigenvalue weighted by Gasteiger charge is -2.33. The molecule has 9 rings (SSSR count). The molecule has 14 heteroatoms. The molecule has 1 unspecified atom stereocenters. The van der Waals surface area contributed by atoms with Gasteiger partial charge in [0.15, 0.2) is 11.5 Å². The number of Topliss-reactive ketones (excluding diaryl/α,β-unsaturated/α-hetero) is 1. The molecule has 0 spiro atoms. The lowest BCUT2D eigenvalue weighted by atomic mass is 9.79. The van der Waals surface area contributed by atoms with E-state index in [9.17, 15) is 19.8 Å². The van der Waals surface area contributed by atoms with Crippen molar-refractivity contribution in [2.45, 2.75) is 96.7 Å². The van der Waals surface area contributed by atoms with Crippen molar-refractivity contribution in [2.24, 2.45) is 23.7 Å². The van der Waals surface area contributed by atoms with Crippen LogP contribution in [0.2, 0.25) is 0 Å². The van der Waals surface area contributed by atoms with E-state index in [0.717, 1.165) is 90.3 Å². The van der Waals surface area contributed by atoms with Gasteiger partial charge in [-0.15, -0.1) is 21.5 Å². The maximum atomic E-state index is 14.4. The number of hydrogen-bond acceptors (Lipinski definition) is 12. The zero-order valence-electron chi connectivity index (χ0n) is 35.8. The molecule has 62 heavy (non-hydrogen) atoms. The number of carbonyl (C=O) groups excluding carboxylic acids is 2. The first-order valence-electron chi connectivity index (χ1n) is 22.1. The number of fused-ring (bicyclic) bond motifs is 3. The number of phenolic OH excluding ortho intramolecular Hbond substituents is 1. The molecule has 1 aliphatic heterocycles. The molecule has 2 aliphatic carbocycles. The zero-order valence-corrected chi connectivity index (χ0v) is 36.6. The third kappa shape index (κ3) is 8.52. The van der Waals surface area contributed by atoms with Gasteiger partial charge in [0.05, 0.1) is 45.8 Å². The van der Waals surface area contributed by atoms with E-state index in [1.54, 1.807) is 23.5 Å². The summed E-state index contributed by atoms with van der Waals surface area (Å²) in [6.45, 7) is 10.6. The van der Waals surface area contributed by atoms with Gasteiger partial charge in [-0.05, 0) is 112 Å². The summed E-state index contributed by atoms with van der Waals surface area (Å²) >= 11 is 1.60. The highest BCUT2D eigenvalue weighted by Crippen LogP contribution is 2.41. The molecule has 0 bridgehead atoms. The van der Waals surface area contributed by atoms with Gasteiger partial charge in [-0.3, -0.25) is 9.59 Å². The molecular formula is C48H56N8O5S. The average molecular weight is 857 g/mol. The lowest BCUT2D eigenvalue weighted by molar-refractivity contribution is -0.134. The van der Waals surface area contributed by atoms with Crippen LogP contribution in [0.1, 0.15) is 93.1 Å². The molecule has 1 saturated heterocycles. The highest BCUT2D eigenvalue weighted by Gasteiger charge is 2.46. The second-order valence-corrected chi connectivity index (χ2v) is 18.9. The third-order valence-electron chi connectivity index (χ3n) is 13.6. The van der Waals surface area contributed by atoms with Crippen molar-refractivity contribution in [1.29, 1.82) is 0 Å². The quantitative estimate of drug-likeness (QED) is 0.0768. The molecule has 4 aromatic heterocycles. The predicted molar refractivity (Wildman–Crippen MR) is 240 cm³/mol. The average Bonchev–Trinajstić information content (AvgIpc) is 4.09. The third-order valence-corrected chi connectivity index (χ3v) is 14.6. The minimum Gasteiger partial charge on any atom is -0.507 e. The van der Waals surface area contributed by atoms with Gasteiger partial charge in [-0.2, -0.15) is 0 Å². The monoisotopic (exact) mass is 856 g/mol. The highest BCUT2D eigenvalue weighted by molar-refractivity contribution is 7.13. The Balaban J connectivity index is 0.787. The summed E-state index contributed by atoms with van der Waals surface area (Å²) in [7, 11) is 0. The molecule has 5 N–H and O–H groups in total. The SMILES string of the molecule is Cc1ncsc1-c1ccc([C@H](C)NC(=O)[C@@H]2C[C@@H](O)CC2C(=O)[C@@H](c2cc(N3CCC(CN[C@H]4CCc5[nH]c6nnc(-c7ccccc7O)cc6c5C4)CC3)no2)C(C)C)cc1. The number of aliphatic hydroxyl groups excluding tert-OH is 1. The number of anilines is 1. The molecule has 2 fully saturated rings. The van der Waals surface area contributed by atoms with Crippen molar-refractivity contribution in [1.82, 2.24) is 36.0 Å². The van der Waals surface area contributed by atoms with E-state index < -0.39 is 23.9 Å². The molecule has 6 atom stereocenters. The van der Waals surface area contributed by atoms with Crippen LogP contribution in [0.4, 0.5) is 5.82 Å². The van der Waals surface area contributed by atoms with Crippen LogP contribution in [0, 0.1) is 30.6 Å². The number of hydrogen-bond donors (Lipinski definition) is 5. The first-order valence-corrected chi connectivity index (χ1v) is 23.0. The van der Waals surface area contributed by atoms with Crippen LogP contribution in [-0.4, -0.2) is 79.0 Å². The summed E-state index contributed by atoms with van der Waals surface area (Å²) in [6, 6.07) is 19.4. The molecule has 6 aromatic rings. The van der Waals surface area contributed by atoms with Crippen LogP contribution in [0.3, 0.4) is 0 Å². The van der Waals surface area contributed by atoms with Crippen molar-refractivity contribution in [2.75, 3.05) is 24.5 Å². The zero-order chi connectivity index (χ0) is 43.1. The number of ketones is 1. The summed E-state index contributed by atoms with van der Waals surface area (Å²) < 4.78 is 5.94. The lowest BCUT2D eigenvalue weighted by Crippen LogP contribution is -2.41. The molecule has 324 valence electrons. The standard InChI is InChI=1S/C48H56N8O5S/c1-26(2)44(45(59)36-20-33(57)21-38(36)48(60)51-27(3)30-9-11-31(12-10-30)46-28(4)50-25-62-46)42-23-43(55-61-42)56-17-15-29(16-18-56)24-49-32-13-14-39-35(19-32)37-22-40(53-54-47(37)52-39)34-7-5-6-8-41(34)58/h5-12,22-23,25-27,29,32-33,36,38,44,49,57-58H,13-21,24H2,1-4H3,(H,51,60)(H,52,54)/t27-,32-,33-,36?,38+,44+/m0/s1. The molecule has 2 aromatic carbocycles. The number of rotatable bonds is 13. The van der Waals surface area contributed by atoms with Crippen LogP contribution in [0.25, 0.3) is 32.7 Å². The Kier molecular flexibility index (Phi) is 12.0. The fraction of sp³-hybridized carbons (Fsp3) is 0.458. The summed E-state index contributed by atoms with van der Waals surface area (Å²) in [5.41, 5.74) is 9.52. The Labute approximate surface area is 365 Å². The number of aromatic amines is 1. The minimum atomic E-state index is -0.728. The van der Waals surface area contributed by atoms with Crippen molar-refractivity contribution >= 4 is 39.9 Å². The number of aromatic hydroxyl groups is 1. The molecule has 1 amide bonds. The number of carbonyl (C=O) groups is 2. The van der Waals surface area contributed by atoms with Crippen LogP contribution in [0.15, 0.2) is 70.7 Å². The molecular weight excluding hydrogens is 801 g/mol. The van der Waals surface area contributed by atoms with E-state index in [0.29, 0.717) is 29.0 Å². The Morgan fingerprint density at radius 3 is 2.52 bits per heavy atom. The van der Waals surface area contributed by atoms with Gasteiger partial charge in [-0.25, -0.2) is 4.98 Å². The fourth-order valence-corrected chi connectivity index (χ4v) is 10.8. The number of para-hydroxylation sites is 1. The molecule has 3 aliphatic rings. The van der Waals surface area contributed by atoms with Crippen LogP contribution < -0.4 is 15.5 Å². The maximum absolute atomic E-state index is 14.4. The smallest absolute Gasteiger partial charge is 0.224 e. The van der Waals surface area contributed by atoms with E-state index >= 15 is 0 Å². The number of amides is 1. The van der Waals surface area contributed by atoms with Gasteiger partial charge < -0.3 is 35.3 Å². The van der Waals surface area contributed by atoms with Crippen LogP contribution in [0.5, 0.6) is 5.75 Å². The van der Waals surface area contributed by atoms with Gasteiger partial charge in [0.25, 0.3) is 0 Å². The molecule has 5 heterocycles. The largest absolute Gasteiger partial charge is 0.507 e. The number of nitrogens with one attached hydrogen (secondary N) is 3. The molecule has 13 nitrogen and oxygen atoms in total. The number of phenols is 1. The summed E-state index contributed by atoms with van der Waals surface area (Å²) in [5.74, 6) is -0.250. The minimum absolute atomic E-state index is 0.0764. The molecule has 0 radical (unpaired) electrons. The number of piperidine rings is 1. The summed E-state index contributed by atoms with van der Waals surface area (Å²) in [6.07, 6.45) is 4.69. The highest BCUT2D eigenvalue weighted by atomic mass is 32.1. The van der Waals surface area contributed by atoms with Crippen LogP contribution in [-0.2, 0) is 22.4 Å². The number of benzene rings is 2. The Morgan fingerprint density at radius 2 is 1.77 bits per heavy atom. The number of aliphatic hydroxyl groups is 1.